The molecule has 0 aromatic rings. The van der Waals surface area contributed by atoms with Crippen LogP contribution >= 0.6 is 0 Å². The fourth-order valence-corrected chi connectivity index (χ4v) is 1.49. The number of nitrogens with one attached hydrogen (secondary N) is 1. The van der Waals surface area contributed by atoms with E-state index in [0.29, 0.717) is 6.04 Å². The van der Waals surface area contributed by atoms with E-state index in [2.05, 4.69) is 12.2 Å². The molecule has 1 aliphatic heterocycles. The predicted molar refractivity (Wildman–Crippen MR) is 44.3 cm³/mol. The van der Waals surface area contributed by atoms with Gasteiger partial charge in [-0.2, -0.15) is 0 Å². The molecule has 0 aliphatic carbocycles. The van der Waals surface area contributed by atoms with Crippen LogP contribution in [-0.4, -0.2) is 37.0 Å². The highest BCUT2D eigenvalue weighted by Gasteiger charge is 2.16. The average molecular weight is 156 g/mol. The van der Waals surface area contributed by atoms with Crippen LogP contribution in [0.5, 0.6) is 0 Å². The lowest BCUT2D eigenvalue weighted by atomic mass is 10.1. The molecule has 1 saturated heterocycles. The Morgan fingerprint density at radius 1 is 1.73 bits per heavy atom. The van der Waals surface area contributed by atoms with E-state index in [-0.39, 0.29) is 0 Å². The smallest absolute Gasteiger partial charge is 0.209 e. The molecule has 3 nitrogen and oxygen atoms in total. The molecule has 0 unspecified atom stereocenters. The van der Waals surface area contributed by atoms with Crippen LogP contribution < -0.4 is 5.32 Å². The van der Waals surface area contributed by atoms with Crippen LogP contribution in [0.2, 0.25) is 0 Å². The third kappa shape index (κ3) is 2.50. The fraction of sp³-hybridized carbons (Fsp3) is 0.875. The third-order valence-electron chi connectivity index (χ3n) is 2.07. The van der Waals surface area contributed by atoms with Gasteiger partial charge in [0.05, 0.1) is 0 Å². The van der Waals surface area contributed by atoms with Crippen LogP contribution in [0.25, 0.3) is 0 Å². The van der Waals surface area contributed by atoms with E-state index in [9.17, 15) is 4.79 Å². The van der Waals surface area contributed by atoms with Gasteiger partial charge in [-0.05, 0) is 6.42 Å². The van der Waals surface area contributed by atoms with Crippen molar-refractivity contribution in [1.82, 2.24) is 10.2 Å². The molecule has 64 valence electrons. The van der Waals surface area contributed by atoms with E-state index in [1.807, 2.05) is 4.90 Å². The maximum Gasteiger partial charge on any atom is 0.209 e. The number of rotatable bonds is 3. The number of piperazine rings is 1. The van der Waals surface area contributed by atoms with Crippen LogP contribution in [0.15, 0.2) is 0 Å². The molecule has 0 radical (unpaired) electrons. The molecule has 0 aromatic heterocycles. The van der Waals surface area contributed by atoms with Crippen molar-refractivity contribution in [1.29, 1.82) is 0 Å². The van der Waals surface area contributed by atoms with Gasteiger partial charge in [-0.1, -0.05) is 13.3 Å². The van der Waals surface area contributed by atoms with Crippen LogP contribution in [0.1, 0.15) is 19.8 Å². The van der Waals surface area contributed by atoms with Gasteiger partial charge < -0.3 is 10.2 Å². The van der Waals surface area contributed by atoms with Gasteiger partial charge in [-0.15, -0.1) is 0 Å². The highest BCUT2D eigenvalue weighted by atomic mass is 16.1. The molecule has 1 heterocycles. The Bertz CT molecular complexity index is 125. The van der Waals surface area contributed by atoms with Crippen molar-refractivity contribution in [3.63, 3.8) is 0 Å². The zero-order valence-electron chi connectivity index (χ0n) is 7.05. The molecule has 11 heavy (non-hydrogen) atoms. The van der Waals surface area contributed by atoms with Crippen LogP contribution in [0.4, 0.5) is 0 Å². The first-order valence-corrected chi connectivity index (χ1v) is 4.29. The largest absolute Gasteiger partial charge is 0.342 e. The summed E-state index contributed by atoms with van der Waals surface area (Å²) in [6.45, 7) is 4.87. The minimum Gasteiger partial charge on any atom is -0.342 e. The van der Waals surface area contributed by atoms with E-state index in [1.54, 1.807) is 0 Å². The van der Waals surface area contributed by atoms with Crippen molar-refractivity contribution in [2.45, 2.75) is 25.8 Å². The van der Waals surface area contributed by atoms with Gasteiger partial charge in [0.1, 0.15) is 0 Å². The molecule has 0 aromatic carbocycles. The van der Waals surface area contributed by atoms with Crippen molar-refractivity contribution in [2.75, 3.05) is 19.6 Å². The minimum absolute atomic E-state index is 0.527. The first-order valence-electron chi connectivity index (χ1n) is 4.29. The highest BCUT2D eigenvalue weighted by molar-refractivity contribution is 5.47. The van der Waals surface area contributed by atoms with Gasteiger partial charge in [-0.25, -0.2) is 0 Å². The summed E-state index contributed by atoms with van der Waals surface area (Å²) in [6.07, 6.45) is 3.30. The highest BCUT2D eigenvalue weighted by Crippen LogP contribution is 2.02. The standard InChI is InChI=1S/C8H16N2O/c1-2-3-8-6-10(7-11)5-4-9-8/h7-9H,2-6H2,1H3/t8-/m1/s1. The normalized spacial score (nSPS) is 25.2. The average Bonchev–Trinajstić information content (AvgIpc) is 2.06. The summed E-state index contributed by atoms with van der Waals surface area (Å²) in [4.78, 5) is 12.3. The zero-order chi connectivity index (χ0) is 8.10. The minimum atomic E-state index is 0.527. The molecule has 3 heteroatoms. The molecule has 1 amide bonds. The van der Waals surface area contributed by atoms with Gasteiger partial charge in [0.2, 0.25) is 6.41 Å². The van der Waals surface area contributed by atoms with Crippen molar-refractivity contribution < 1.29 is 4.79 Å². The quantitative estimate of drug-likeness (QED) is 0.593. The second-order valence-electron chi connectivity index (χ2n) is 3.04. The third-order valence-corrected chi connectivity index (χ3v) is 2.07. The summed E-state index contributed by atoms with van der Waals surface area (Å²) in [6, 6.07) is 0.527. The first kappa shape index (κ1) is 8.53. The molecule has 0 bridgehead atoms. The van der Waals surface area contributed by atoms with Gasteiger partial charge in [0.25, 0.3) is 0 Å². The molecular formula is C8H16N2O. The Morgan fingerprint density at radius 2 is 2.55 bits per heavy atom. The Morgan fingerprint density at radius 3 is 3.18 bits per heavy atom. The van der Waals surface area contributed by atoms with Gasteiger partial charge in [0.15, 0.2) is 0 Å². The summed E-state index contributed by atoms with van der Waals surface area (Å²) in [5, 5.41) is 3.38. The Hall–Kier alpha value is -0.570. The molecule has 1 atom stereocenters. The summed E-state index contributed by atoms with van der Waals surface area (Å²) in [5.74, 6) is 0. The maximum atomic E-state index is 10.4. The number of carbonyl (C=O) groups excluding carboxylic acids is 1. The molecule has 1 fully saturated rings. The van der Waals surface area contributed by atoms with E-state index in [4.69, 9.17) is 0 Å². The van der Waals surface area contributed by atoms with Gasteiger partial charge >= 0.3 is 0 Å². The summed E-state index contributed by atoms with van der Waals surface area (Å²) >= 11 is 0. The SMILES string of the molecule is CCC[C@@H]1CN(C=O)CCN1. The van der Waals surface area contributed by atoms with Crippen molar-refractivity contribution in [3.8, 4) is 0 Å². The first-order chi connectivity index (χ1) is 5.36. The Labute approximate surface area is 67.8 Å². The van der Waals surface area contributed by atoms with E-state index < -0.39 is 0 Å². The second-order valence-corrected chi connectivity index (χ2v) is 3.04. The second kappa shape index (κ2) is 4.34. The summed E-state index contributed by atoms with van der Waals surface area (Å²) < 4.78 is 0. The van der Waals surface area contributed by atoms with Gasteiger partial charge in [0, 0.05) is 25.7 Å². The molecule has 1 N–H and O–H groups in total. The van der Waals surface area contributed by atoms with Crippen LogP contribution in [0.3, 0.4) is 0 Å². The van der Waals surface area contributed by atoms with Gasteiger partial charge in [-0.3, -0.25) is 4.79 Å². The maximum absolute atomic E-state index is 10.4. The fourth-order valence-electron chi connectivity index (χ4n) is 1.49. The summed E-state index contributed by atoms with van der Waals surface area (Å²) in [5.41, 5.74) is 0. The Kier molecular flexibility index (Phi) is 3.36. The monoisotopic (exact) mass is 156 g/mol. The Balaban J connectivity index is 2.27. The van der Waals surface area contributed by atoms with Crippen molar-refractivity contribution in [2.24, 2.45) is 0 Å². The van der Waals surface area contributed by atoms with E-state index in [1.165, 1.54) is 12.8 Å². The number of hydrogen-bond donors (Lipinski definition) is 1. The topological polar surface area (TPSA) is 32.3 Å². The lowest BCUT2D eigenvalue weighted by Gasteiger charge is -2.30. The van der Waals surface area contributed by atoms with Crippen LogP contribution in [-0.2, 0) is 4.79 Å². The van der Waals surface area contributed by atoms with Crippen molar-refractivity contribution in [3.05, 3.63) is 0 Å². The molecule has 1 rings (SSSR count). The number of nitrogens with zero attached hydrogens (tertiary/aromatic N) is 1. The van der Waals surface area contributed by atoms with E-state index >= 15 is 0 Å². The zero-order valence-corrected chi connectivity index (χ0v) is 7.05. The lowest BCUT2D eigenvalue weighted by Crippen LogP contribution is -2.49. The number of hydrogen-bond acceptors (Lipinski definition) is 2. The lowest BCUT2D eigenvalue weighted by molar-refractivity contribution is -0.119. The molecular weight excluding hydrogens is 140 g/mol. The number of carbonyl (C=O) groups is 1. The predicted octanol–water partition coefficient (Wildman–Crippen LogP) is 0.217. The number of amides is 1. The van der Waals surface area contributed by atoms with Crippen LogP contribution in [0, 0.1) is 0 Å². The summed E-state index contributed by atoms with van der Waals surface area (Å²) in [7, 11) is 0. The molecule has 0 saturated carbocycles. The van der Waals surface area contributed by atoms with E-state index in [0.717, 1.165) is 26.0 Å². The molecule has 1 aliphatic rings. The molecule has 0 spiro atoms. The van der Waals surface area contributed by atoms with Crippen molar-refractivity contribution >= 4 is 6.41 Å².